The molecule has 3 aromatic rings. The number of nitrogens with zero attached hydrogens (tertiary/aromatic N) is 5. The number of benzene rings is 1. The van der Waals surface area contributed by atoms with Gasteiger partial charge < -0.3 is 14.6 Å². The lowest BCUT2D eigenvalue weighted by molar-refractivity contribution is -0.119. The molecule has 4 rings (SSSR count). The number of aromatic nitrogens is 5. The molecule has 1 saturated heterocycles. The van der Waals surface area contributed by atoms with E-state index in [1.54, 1.807) is 0 Å². The van der Waals surface area contributed by atoms with Crippen LogP contribution in [0, 0.1) is 0 Å². The summed E-state index contributed by atoms with van der Waals surface area (Å²) in [5.41, 5.74) is 0.863. The summed E-state index contributed by atoms with van der Waals surface area (Å²) in [7, 11) is 0. The highest BCUT2D eigenvalue weighted by Crippen LogP contribution is 2.25. The number of thioether (sulfide) groups is 1. The molecule has 1 unspecified atom stereocenters. The van der Waals surface area contributed by atoms with Crippen LogP contribution in [0.1, 0.15) is 19.8 Å². The van der Waals surface area contributed by atoms with Crippen molar-refractivity contribution in [1.82, 2.24) is 30.2 Å². The Morgan fingerprint density at radius 3 is 2.93 bits per heavy atom. The number of hydrogen-bond acceptors (Lipinski definition) is 8. The SMILES string of the molecule is CCn1c(SCC(=O)NCC2CCCO2)nnc1-c1nc(-c2ccccc2)no1. The molecule has 0 bridgehead atoms. The molecule has 1 amide bonds. The van der Waals surface area contributed by atoms with Gasteiger partial charge in [-0.3, -0.25) is 9.36 Å². The van der Waals surface area contributed by atoms with Crippen LogP contribution in [0.4, 0.5) is 0 Å². The van der Waals surface area contributed by atoms with Crippen molar-refractivity contribution in [2.24, 2.45) is 0 Å². The average Bonchev–Trinajstić information content (AvgIpc) is 3.51. The van der Waals surface area contributed by atoms with E-state index in [0.29, 0.717) is 35.8 Å². The van der Waals surface area contributed by atoms with Crippen LogP contribution in [0.25, 0.3) is 23.1 Å². The lowest BCUT2D eigenvalue weighted by atomic mass is 10.2. The van der Waals surface area contributed by atoms with Gasteiger partial charge in [-0.25, -0.2) is 0 Å². The van der Waals surface area contributed by atoms with Gasteiger partial charge in [-0.1, -0.05) is 47.3 Å². The molecule has 3 heterocycles. The summed E-state index contributed by atoms with van der Waals surface area (Å²) in [5.74, 6) is 1.48. The number of carbonyl (C=O) groups excluding carboxylic acids is 1. The Labute approximate surface area is 172 Å². The summed E-state index contributed by atoms with van der Waals surface area (Å²) < 4.78 is 12.8. The second-order valence-electron chi connectivity index (χ2n) is 6.57. The lowest BCUT2D eigenvalue weighted by Gasteiger charge is -2.10. The molecule has 0 radical (unpaired) electrons. The Balaban J connectivity index is 1.40. The quantitative estimate of drug-likeness (QED) is 0.560. The molecule has 1 aliphatic heterocycles. The van der Waals surface area contributed by atoms with Crippen LogP contribution in [0.15, 0.2) is 40.0 Å². The largest absolute Gasteiger partial charge is 0.376 e. The fourth-order valence-corrected chi connectivity index (χ4v) is 3.90. The third kappa shape index (κ3) is 4.65. The highest BCUT2D eigenvalue weighted by molar-refractivity contribution is 7.99. The molecule has 2 aromatic heterocycles. The fourth-order valence-electron chi connectivity index (χ4n) is 3.07. The molecule has 1 aromatic carbocycles. The first-order valence-electron chi connectivity index (χ1n) is 9.58. The van der Waals surface area contributed by atoms with E-state index in [2.05, 4.69) is 25.7 Å². The Hall–Kier alpha value is -2.72. The summed E-state index contributed by atoms with van der Waals surface area (Å²) in [4.78, 5) is 16.6. The molecule has 29 heavy (non-hydrogen) atoms. The second-order valence-corrected chi connectivity index (χ2v) is 7.51. The minimum absolute atomic E-state index is 0.0538. The van der Waals surface area contributed by atoms with Crippen LogP contribution in [0.3, 0.4) is 0 Å². The lowest BCUT2D eigenvalue weighted by Crippen LogP contribution is -2.32. The van der Waals surface area contributed by atoms with Gasteiger partial charge >= 0.3 is 0 Å². The van der Waals surface area contributed by atoms with E-state index in [1.807, 2.05) is 41.8 Å². The molecule has 1 N–H and O–H groups in total. The molecule has 1 atom stereocenters. The Morgan fingerprint density at radius 1 is 1.31 bits per heavy atom. The predicted octanol–water partition coefficient (Wildman–Crippen LogP) is 2.40. The smallest absolute Gasteiger partial charge is 0.296 e. The van der Waals surface area contributed by atoms with E-state index in [-0.39, 0.29) is 17.8 Å². The van der Waals surface area contributed by atoms with Crippen molar-refractivity contribution in [3.8, 4) is 23.1 Å². The van der Waals surface area contributed by atoms with Gasteiger partial charge in [0, 0.05) is 25.3 Å². The zero-order valence-electron chi connectivity index (χ0n) is 16.1. The number of hydrogen-bond donors (Lipinski definition) is 1. The van der Waals surface area contributed by atoms with E-state index >= 15 is 0 Å². The van der Waals surface area contributed by atoms with Crippen molar-refractivity contribution in [1.29, 1.82) is 0 Å². The normalized spacial score (nSPS) is 16.2. The summed E-state index contributed by atoms with van der Waals surface area (Å²) in [6.45, 7) is 3.92. The monoisotopic (exact) mass is 414 g/mol. The van der Waals surface area contributed by atoms with Gasteiger partial charge in [0.05, 0.1) is 11.9 Å². The van der Waals surface area contributed by atoms with Crippen molar-refractivity contribution >= 4 is 17.7 Å². The fraction of sp³-hybridized carbons (Fsp3) is 0.421. The molecule has 152 valence electrons. The highest BCUT2D eigenvalue weighted by Gasteiger charge is 2.21. The minimum Gasteiger partial charge on any atom is -0.376 e. The van der Waals surface area contributed by atoms with Crippen LogP contribution in [-0.4, -0.2) is 55.8 Å². The summed E-state index contributed by atoms with van der Waals surface area (Å²) in [5, 5.41) is 16.0. The van der Waals surface area contributed by atoms with E-state index in [1.165, 1.54) is 11.8 Å². The van der Waals surface area contributed by atoms with Gasteiger partial charge in [0.2, 0.25) is 17.6 Å². The van der Waals surface area contributed by atoms with Gasteiger partial charge in [-0.15, -0.1) is 10.2 Å². The standard InChI is InChI=1S/C19H22N6O3S/c1-2-25-17(18-21-16(24-28-18)13-7-4-3-5-8-13)22-23-19(25)29-12-15(26)20-11-14-9-6-10-27-14/h3-5,7-8,14H,2,6,9-12H2,1H3,(H,20,26). The number of nitrogens with one attached hydrogen (secondary N) is 1. The van der Waals surface area contributed by atoms with Gasteiger partial charge in [0.25, 0.3) is 5.89 Å². The number of rotatable bonds is 8. The van der Waals surface area contributed by atoms with Crippen molar-refractivity contribution in [3.05, 3.63) is 30.3 Å². The second kappa shape index (κ2) is 9.19. The van der Waals surface area contributed by atoms with E-state index < -0.39 is 0 Å². The average molecular weight is 414 g/mol. The number of amides is 1. The topological polar surface area (TPSA) is 108 Å². The Morgan fingerprint density at radius 2 is 2.17 bits per heavy atom. The van der Waals surface area contributed by atoms with Crippen molar-refractivity contribution in [2.45, 2.75) is 37.6 Å². The molecule has 1 fully saturated rings. The third-order valence-corrected chi connectivity index (χ3v) is 5.53. The predicted molar refractivity (Wildman–Crippen MR) is 107 cm³/mol. The Bertz CT molecular complexity index is 952. The highest BCUT2D eigenvalue weighted by atomic mass is 32.2. The minimum atomic E-state index is -0.0538. The van der Waals surface area contributed by atoms with Crippen LogP contribution in [0.2, 0.25) is 0 Å². The molecule has 0 spiro atoms. The molecular formula is C19H22N6O3S. The van der Waals surface area contributed by atoms with Crippen molar-refractivity contribution in [2.75, 3.05) is 18.9 Å². The molecular weight excluding hydrogens is 392 g/mol. The molecule has 0 saturated carbocycles. The zero-order valence-corrected chi connectivity index (χ0v) is 16.9. The van der Waals surface area contributed by atoms with E-state index in [4.69, 9.17) is 9.26 Å². The first-order chi connectivity index (χ1) is 14.2. The summed E-state index contributed by atoms with van der Waals surface area (Å²) in [6.07, 6.45) is 2.18. The molecule has 1 aliphatic rings. The van der Waals surface area contributed by atoms with E-state index in [9.17, 15) is 4.79 Å². The maximum atomic E-state index is 12.1. The first kappa shape index (κ1) is 19.6. The maximum Gasteiger partial charge on any atom is 0.296 e. The van der Waals surface area contributed by atoms with Crippen LogP contribution < -0.4 is 5.32 Å². The number of carbonyl (C=O) groups is 1. The van der Waals surface area contributed by atoms with Gasteiger partial charge in [0.1, 0.15) is 0 Å². The van der Waals surface area contributed by atoms with E-state index in [0.717, 1.165) is 25.0 Å². The molecule has 0 aliphatic carbocycles. The molecule has 9 nitrogen and oxygen atoms in total. The van der Waals surface area contributed by atoms with Crippen LogP contribution in [-0.2, 0) is 16.1 Å². The zero-order chi connectivity index (χ0) is 20.1. The summed E-state index contributed by atoms with van der Waals surface area (Å²) >= 11 is 1.33. The third-order valence-electron chi connectivity index (χ3n) is 4.57. The van der Waals surface area contributed by atoms with Gasteiger partial charge in [-0.2, -0.15) is 4.98 Å². The molecule has 10 heteroatoms. The van der Waals surface area contributed by atoms with Gasteiger partial charge in [0.15, 0.2) is 5.16 Å². The number of ether oxygens (including phenoxy) is 1. The Kier molecular flexibility index (Phi) is 6.20. The van der Waals surface area contributed by atoms with Gasteiger partial charge in [-0.05, 0) is 19.8 Å². The van der Waals surface area contributed by atoms with Crippen molar-refractivity contribution in [3.63, 3.8) is 0 Å². The van der Waals surface area contributed by atoms with Crippen molar-refractivity contribution < 1.29 is 14.1 Å². The van der Waals surface area contributed by atoms with Crippen LogP contribution in [0.5, 0.6) is 0 Å². The first-order valence-corrected chi connectivity index (χ1v) is 10.6. The summed E-state index contributed by atoms with van der Waals surface area (Å²) in [6, 6.07) is 9.58. The van der Waals surface area contributed by atoms with Crippen LogP contribution >= 0.6 is 11.8 Å². The maximum absolute atomic E-state index is 12.1.